The van der Waals surface area contributed by atoms with Crippen LogP contribution in [0.5, 0.6) is 11.5 Å². The lowest BCUT2D eigenvalue weighted by Crippen LogP contribution is -2.04. The Bertz CT molecular complexity index is 1070. The fourth-order valence-electron chi connectivity index (χ4n) is 2.91. The molecule has 0 spiro atoms. The topological polar surface area (TPSA) is 86.0 Å². The first-order valence-corrected chi connectivity index (χ1v) is 9.37. The highest BCUT2D eigenvalue weighted by Crippen LogP contribution is 2.38. The van der Waals surface area contributed by atoms with Crippen LogP contribution in [0.1, 0.15) is 22.3 Å². The number of hydrazone groups is 1. The van der Waals surface area contributed by atoms with Crippen LogP contribution < -0.4 is 14.9 Å². The van der Waals surface area contributed by atoms with E-state index < -0.39 is 4.92 Å². The van der Waals surface area contributed by atoms with E-state index in [1.54, 1.807) is 6.07 Å². The summed E-state index contributed by atoms with van der Waals surface area (Å²) in [5, 5.41) is 15.8. The first kappa shape index (κ1) is 20.9. The largest absolute Gasteiger partial charge is 0.493 e. The van der Waals surface area contributed by atoms with Crippen LogP contribution >= 0.6 is 0 Å². The number of anilines is 1. The summed E-state index contributed by atoms with van der Waals surface area (Å²) in [5.74, 6) is 0.368. The zero-order chi connectivity index (χ0) is 21.5. The van der Waals surface area contributed by atoms with Crippen LogP contribution in [0, 0.1) is 24.0 Å². The second kappa shape index (κ2) is 9.56. The van der Waals surface area contributed by atoms with E-state index in [4.69, 9.17) is 9.47 Å². The third-order valence-electron chi connectivity index (χ3n) is 4.53. The van der Waals surface area contributed by atoms with E-state index in [1.165, 1.54) is 19.4 Å². The summed E-state index contributed by atoms with van der Waals surface area (Å²) in [6.07, 6.45) is 1.50. The van der Waals surface area contributed by atoms with Gasteiger partial charge in [-0.25, -0.2) is 0 Å². The summed E-state index contributed by atoms with van der Waals surface area (Å²) < 4.78 is 11.2. The van der Waals surface area contributed by atoms with Crippen LogP contribution in [0.2, 0.25) is 0 Å². The van der Waals surface area contributed by atoms with Crippen LogP contribution in [0.4, 0.5) is 11.4 Å². The Hall–Kier alpha value is -3.87. The zero-order valence-corrected chi connectivity index (χ0v) is 17.1. The number of benzene rings is 3. The Morgan fingerprint density at radius 3 is 2.57 bits per heavy atom. The van der Waals surface area contributed by atoms with Crippen LogP contribution in [-0.4, -0.2) is 18.2 Å². The zero-order valence-electron chi connectivity index (χ0n) is 17.1. The van der Waals surface area contributed by atoms with E-state index in [9.17, 15) is 10.1 Å². The molecule has 7 heteroatoms. The Labute approximate surface area is 175 Å². The first-order chi connectivity index (χ1) is 14.5. The molecule has 0 fully saturated rings. The molecule has 7 nitrogen and oxygen atoms in total. The molecule has 3 aromatic rings. The fraction of sp³-hybridized carbons (Fsp3) is 0.174. The molecule has 0 aromatic heterocycles. The van der Waals surface area contributed by atoms with Gasteiger partial charge in [-0.05, 0) is 43.2 Å². The molecule has 0 saturated heterocycles. The molecule has 0 saturated carbocycles. The molecular formula is C23H23N3O4. The molecule has 0 radical (unpaired) electrons. The van der Waals surface area contributed by atoms with Crippen molar-refractivity contribution < 1.29 is 14.4 Å². The number of nitrogens with one attached hydrogen (secondary N) is 1. The average Bonchev–Trinajstić information content (AvgIpc) is 2.75. The molecule has 0 aliphatic carbocycles. The maximum absolute atomic E-state index is 11.7. The predicted octanol–water partition coefficient (Wildman–Crippen LogP) is 5.25. The van der Waals surface area contributed by atoms with Gasteiger partial charge in [-0.15, -0.1) is 0 Å². The third kappa shape index (κ3) is 5.14. The molecule has 0 amide bonds. The minimum Gasteiger partial charge on any atom is -0.493 e. The number of rotatable bonds is 8. The van der Waals surface area contributed by atoms with Crippen molar-refractivity contribution in [2.45, 2.75) is 20.5 Å². The highest BCUT2D eigenvalue weighted by Gasteiger charge is 2.22. The summed E-state index contributed by atoms with van der Waals surface area (Å²) in [4.78, 5) is 11.2. The van der Waals surface area contributed by atoms with Gasteiger partial charge >= 0.3 is 5.69 Å². The normalized spacial score (nSPS) is 10.8. The molecule has 0 unspecified atom stereocenters. The molecule has 0 aliphatic heterocycles. The van der Waals surface area contributed by atoms with E-state index in [0.717, 1.165) is 22.4 Å². The second-order valence-corrected chi connectivity index (χ2v) is 6.78. The summed E-state index contributed by atoms with van der Waals surface area (Å²) in [7, 11) is 1.45. The molecule has 0 heterocycles. The highest BCUT2D eigenvalue weighted by molar-refractivity contribution is 5.83. The quantitative estimate of drug-likeness (QED) is 0.314. The molecule has 3 rings (SSSR count). The Balaban J connectivity index is 1.85. The standard InChI is InChI=1S/C23H23N3O4/c1-16-9-10-17(2)19(11-16)15-30-23-21(26(27)28)12-18(13-22(23)29-3)14-24-25-20-7-5-4-6-8-20/h4-14,25H,15H2,1-3H3/b24-14+. The van der Waals surface area contributed by atoms with Gasteiger partial charge in [-0.1, -0.05) is 42.0 Å². The third-order valence-corrected chi connectivity index (χ3v) is 4.53. The Kier molecular flexibility index (Phi) is 6.64. The summed E-state index contributed by atoms with van der Waals surface area (Å²) in [6, 6.07) is 18.5. The van der Waals surface area contributed by atoms with Crippen LogP contribution in [0.15, 0.2) is 65.8 Å². The predicted molar refractivity (Wildman–Crippen MR) is 118 cm³/mol. The van der Waals surface area contributed by atoms with Gasteiger partial charge in [0.1, 0.15) is 6.61 Å². The van der Waals surface area contributed by atoms with E-state index >= 15 is 0 Å². The number of nitrogens with zero attached hydrogens (tertiary/aromatic N) is 2. The van der Waals surface area contributed by atoms with Gasteiger partial charge in [0, 0.05) is 11.6 Å². The van der Waals surface area contributed by atoms with Gasteiger partial charge in [0.25, 0.3) is 0 Å². The molecule has 0 bridgehead atoms. The number of ether oxygens (including phenoxy) is 2. The number of nitro benzene ring substituents is 1. The van der Waals surface area contributed by atoms with Crippen molar-refractivity contribution >= 4 is 17.6 Å². The number of methoxy groups -OCH3 is 1. The van der Waals surface area contributed by atoms with Gasteiger partial charge in [-0.2, -0.15) is 5.10 Å². The number of aryl methyl sites for hydroxylation is 2. The van der Waals surface area contributed by atoms with E-state index in [-0.39, 0.29) is 23.8 Å². The van der Waals surface area contributed by atoms with E-state index in [2.05, 4.69) is 10.5 Å². The SMILES string of the molecule is COc1cc(/C=N/Nc2ccccc2)cc([N+](=O)[O-])c1OCc1cc(C)ccc1C. The Morgan fingerprint density at radius 1 is 1.10 bits per heavy atom. The highest BCUT2D eigenvalue weighted by atomic mass is 16.6. The van der Waals surface area contributed by atoms with E-state index in [0.29, 0.717) is 5.56 Å². The monoisotopic (exact) mass is 405 g/mol. The molecular weight excluding hydrogens is 382 g/mol. The number of hydrogen-bond donors (Lipinski definition) is 1. The van der Waals surface area contributed by atoms with Crippen LogP contribution in [0.3, 0.4) is 0 Å². The Morgan fingerprint density at radius 2 is 1.87 bits per heavy atom. The molecule has 154 valence electrons. The van der Waals surface area contributed by atoms with Crippen molar-refractivity contribution in [1.29, 1.82) is 0 Å². The average molecular weight is 405 g/mol. The molecule has 1 N–H and O–H groups in total. The maximum Gasteiger partial charge on any atom is 0.315 e. The van der Waals surface area contributed by atoms with Gasteiger partial charge in [0.15, 0.2) is 5.75 Å². The second-order valence-electron chi connectivity index (χ2n) is 6.78. The summed E-state index contributed by atoms with van der Waals surface area (Å²) in [5.41, 5.74) is 7.13. The lowest BCUT2D eigenvalue weighted by atomic mass is 10.1. The fourth-order valence-corrected chi connectivity index (χ4v) is 2.91. The minimum atomic E-state index is -0.483. The molecule has 0 atom stereocenters. The lowest BCUT2D eigenvalue weighted by molar-refractivity contribution is -0.386. The smallest absolute Gasteiger partial charge is 0.315 e. The number of para-hydroxylation sites is 1. The van der Waals surface area contributed by atoms with Gasteiger partial charge in [-0.3, -0.25) is 15.5 Å². The summed E-state index contributed by atoms with van der Waals surface area (Å²) in [6.45, 7) is 4.17. The van der Waals surface area contributed by atoms with Crippen molar-refractivity contribution in [3.8, 4) is 11.5 Å². The molecule has 3 aromatic carbocycles. The molecule has 0 aliphatic rings. The van der Waals surface area contributed by atoms with Crippen molar-refractivity contribution in [2.24, 2.45) is 5.10 Å². The van der Waals surface area contributed by atoms with Gasteiger partial charge in [0.05, 0.1) is 23.9 Å². The molecule has 30 heavy (non-hydrogen) atoms. The van der Waals surface area contributed by atoms with E-state index in [1.807, 2.05) is 62.4 Å². The first-order valence-electron chi connectivity index (χ1n) is 9.37. The van der Waals surface area contributed by atoms with Crippen molar-refractivity contribution in [3.63, 3.8) is 0 Å². The van der Waals surface area contributed by atoms with Crippen molar-refractivity contribution in [2.75, 3.05) is 12.5 Å². The van der Waals surface area contributed by atoms with Crippen LogP contribution in [-0.2, 0) is 6.61 Å². The van der Waals surface area contributed by atoms with Crippen LogP contribution in [0.25, 0.3) is 0 Å². The summed E-state index contributed by atoms with van der Waals surface area (Å²) >= 11 is 0. The van der Waals surface area contributed by atoms with Crippen molar-refractivity contribution in [3.05, 3.63) is 93.0 Å². The number of hydrogen-bond acceptors (Lipinski definition) is 6. The van der Waals surface area contributed by atoms with Crippen molar-refractivity contribution in [1.82, 2.24) is 0 Å². The number of nitro groups is 1. The minimum absolute atomic E-state index is 0.0941. The van der Waals surface area contributed by atoms with Gasteiger partial charge in [0.2, 0.25) is 5.75 Å². The lowest BCUT2D eigenvalue weighted by Gasteiger charge is -2.13. The maximum atomic E-state index is 11.7. The van der Waals surface area contributed by atoms with Gasteiger partial charge < -0.3 is 9.47 Å².